The molecule has 1 amide bonds. The van der Waals surface area contributed by atoms with Crippen LogP contribution in [0.5, 0.6) is 0 Å². The SMILES string of the molecule is CS(=O)(=O)N1CCCC1C(=O)NCCc1ccccc1F. The molecule has 0 bridgehead atoms. The summed E-state index contributed by atoms with van der Waals surface area (Å²) in [5.41, 5.74) is 0.532. The van der Waals surface area contributed by atoms with Crippen LogP contribution in [0, 0.1) is 5.82 Å². The molecule has 0 saturated carbocycles. The van der Waals surface area contributed by atoms with Gasteiger partial charge in [-0.3, -0.25) is 4.79 Å². The average Bonchev–Trinajstić information content (AvgIpc) is 2.90. The van der Waals surface area contributed by atoms with Crippen LogP contribution in [-0.2, 0) is 21.2 Å². The van der Waals surface area contributed by atoms with Gasteiger partial charge in [0.05, 0.1) is 6.26 Å². The van der Waals surface area contributed by atoms with Crippen molar-refractivity contribution < 1.29 is 17.6 Å². The zero-order chi connectivity index (χ0) is 15.5. The fraction of sp³-hybridized carbons (Fsp3) is 0.500. The van der Waals surface area contributed by atoms with E-state index in [1.807, 2.05) is 0 Å². The van der Waals surface area contributed by atoms with Crippen molar-refractivity contribution in [1.82, 2.24) is 9.62 Å². The molecule has 1 saturated heterocycles. The highest BCUT2D eigenvalue weighted by molar-refractivity contribution is 7.88. The Labute approximate surface area is 124 Å². The summed E-state index contributed by atoms with van der Waals surface area (Å²) >= 11 is 0. The highest BCUT2D eigenvalue weighted by atomic mass is 32.2. The maximum atomic E-state index is 13.4. The third-order valence-corrected chi connectivity index (χ3v) is 4.87. The molecule has 21 heavy (non-hydrogen) atoms. The molecule has 0 aliphatic carbocycles. The number of sulfonamides is 1. The van der Waals surface area contributed by atoms with Gasteiger partial charge in [-0.2, -0.15) is 4.31 Å². The highest BCUT2D eigenvalue weighted by Gasteiger charge is 2.36. The van der Waals surface area contributed by atoms with Crippen molar-refractivity contribution in [2.75, 3.05) is 19.3 Å². The van der Waals surface area contributed by atoms with Crippen LogP contribution < -0.4 is 5.32 Å². The molecule has 0 aromatic heterocycles. The standard InChI is InChI=1S/C14H19FN2O3S/c1-21(19,20)17-10-4-7-13(17)14(18)16-9-8-11-5-2-3-6-12(11)15/h2-3,5-6,13H,4,7-10H2,1H3,(H,16,18). The van der Waals surface area contributed by atoms with Gasteiger partial charge in [0.25, 0.3) is 0 Å². The number of nitrogens with zero attached hydrogens (tertiary/aromatic N) is 1. The number of carbonyl (C=O) groups is 1. The van der Waals surface area contributed by atoms with Gasteiger partial charge in [-0.05, 0) is 30.9 Å². The van der Waals surface area contributed by atoms with Crippen LogP contribution in [0.25, 0.3) is 0 Å². The lowest BCUT2D eigenvalue weighted by Crippen LogP contribution is -2.45. The van der Waals surface area contributed by atoms with Crippen LogP contribution in [0.3, 0.4) is 0 Å². The summed E-state index contributed by atoms with van der Waals surface area (Å²) in [5.74, 6) is -0.611. The Kier molecular flexibility index (Phi) is 4.95. The first-order valence-electron chi connectivity index (χ1n) is 6.87. The van der Waals surface area contributed by atoms with Gasteiger partial charge >= 0.3 is 0 Å². The first-order valence-corrected chi connectivity index (χ1v) is 8.72. The molecule has 1 aromatic carbocycles. The zero-order valence-corrected chi connectivity index (χ0v) is 12.7. The van der Waals surface area contributed by atoms with E-state index < -0.39 is 16.1 Å². The molecule has 1 unspecified atom stereocenters. The quantitative estimate of drug-likeness (QED) is 0.878. The van der Waals surface area contributed by atoms with E-state index in [1.54, 1.807) is 18.2 Å². The maximum absolute atomic E-state index is 13.4. The lowest BCUT2D eigenvalue weighted by atomic mass is 10.1. The number of hydrogen-bond donors (Lipinski definition) is 1. The first kappa shape index (κ1) is 15.9. The molecular formula is C14H19FN2O3S. The Morgan fingerprint density at radius 1 is 1.43 bits per heavy atom. The third kappa shape index (κ3) is 4.01. The second-order valence-electron chi connectivity index (χ2n) is 5.16. The topological polar surface area (TPSA) is 66.5 Å². The van der Waals surface area contributed by atoms with E-state index in [-0.39, 0.29) is 18.3 Å². The molecule has 0 spiro atoms. The lowest BCUT2D eigenvalue weighted by Gasteiger charge is -2.21. The fourth-order valence-electron chi connectivity index (χ4n) is 2.54. The predicted molar refractivity (Wildman–Crippen MR) is 77.7 cm³/mol. The van der Waals surface area contributed by atoms with Crippen molar-refractivity contribution in [2.45, 2.75) is 25.3 Å². The van der Waals surface area contributed by atoms with Gasteiger partial charge < -0.3 is 5.32 Å². The second kappa shape index (κ2) is 6.53. The van der Waals surface area contributed by atoms with E-state index in [0.29, 0.717) is 31.4 Å². The van der Waals surface area contributed by atoms with Crippen molar-refractivity contribution in [2.24, 2.45) is 0 Å². The third-order valence-electron chi connectivity index (χ3n) is 3.58. The molecule has 1 atom stereocenters. The van der Waals surface area contributed by atoms with E-state index in [9.17, 15) is 17.6 Å². The Bertz CT molecular complexity index is 618. The molecule has 7 heteroatoms. The molecule has 2 rings (SSSR count). The molecule has 116 valence electrons. The fourth-order valence-corrected chi connectivity index (χ4v) is 3.66. The summed E-state index contributed by atoms with van der Waals surface area (Å²) in [4.78, 5) is 12.1. The molecule has 1 aromatic rings. The largest absolute Gasteiger partial charge is 0.354 e. The predicted octanol–water partition coefficient (Wildman–Crippen LogP) is 0.908. The Morgan fingerprint density at radius 3 is 2.81 bits per heavy atom. The summed E-state index contributed by atoms with van der Waals surface area (Å²) in [5, 5.41) is 2.69. The normalized spacial score (nSPS) is 19.6. The molecule has 1 aliphatic rings. The van der Waals surface area contributed by atoms with Gasteiger partial charge in [-0.1, -0.05) is 18.2 Å². The minimum Gasteiger partial charge on any atom is -0.354 e. The van der Waals surface area contributed by atoms with Crippen molar-refractivity contribution in [3.63, 3.8) is 0 Å². The molecule has 5 nitrogen and oxygen atoms in total. The summed E-state index contributed by atoms with van der Waals surface area (Å²) in [6.07, 6.45) is 2.69. The molecular weight excluding hydrogens is 295 g/mol. The van der Waals surface area contributed by atoms with E-state index in [2.05, 4.69) is 5.32 Å². The first-order chi connectivity index (χ1) is 9.89. The van der Waals surface area contributed by atoms with E-state index in [1.165, 1.54) is 10.4 Å². The van der Waals surface area contributed by atoms with Gasteiger partial charge in [0.1, 0.15) is 11.9 Å². The summed E-state index contributed by atoms with van der Waals surface area (Å²) in [6.45, 7) is 0.665. The van der Waals surface area contributed by atoms with Gasteiger partial charge in [-0.15, -0.1) is 0 Å². The summed E-state index contributed by atoms with van der Waals surface area (Å²) in [7, 11) is -3.37. The van der Waals surface area contributed by atoms with Crippen LogP contribution in [0.4, 0.5) is 4.39 Å². The number of nitrogens with one attached hydrogen (secondary N) is 1. The smallest absolute Gasteiger partial charge is 0.238 e. The summed E-state index contributed by atoms with van der Waals surface area (Å²) < 4.78 is 37.8. The van der Waals surface area contributed by atoms with Crippen molar-refractivity contribution in [3.05, 3.63) is 35.6 Å². The monoisotopic (exact) mass is 314 g/mol. The maximum Gasteiger partial charge on any atom is 0.238 e. The minimum absolute atomic E-state index is 0.286. The van der Waals surface area contributed by atoms with Crippen LogP contribution in [0.1, 0.15) is 18.4 Å². The van der Waals surface area contributed by atoms with Gasteiger partial charge in [-0.25, -0.2) is 12.8 Å². The molecule has 1 heterocycles. The minimum atomic E-state index is -3.37. The number of benzene rings is 1. The second-order valence-corrected chi connectivity index (χ2v) is 7.10. The van der Waals surface area contributed by atoms with Crippen LogP contribution in [0.2, 0.25) is 0 Å². The van der Waals surface area contributed by atoms with E-state index in [0.717, 1.165) is 6.26 Å². The number of carbonyl (C=O) groups excluding carboxylic acids is 1. The van der Waals surface area contributed by atoms with E-state index >= 15 is 0 Å². The van der Waals surface area contributed by atoms with Crippen LogP contribution >= 0.6 is 0 Å². The van der Waals surface area contributed by atoms with Gasteiger partial charge in [0.15, 0.2) is 0 Å². The van der Waals surface area contributed by atoms with Gasteiger partial charge in [0.2, 0.25) is 15.9 Å². The number of amides is 1. The Morgan fingerprint density at radius 2 is 2.14 bits per heavy atom. The lowest BCUT2D eigenvalue weighted by molar-refractivity contribution is -0.124. The van der Waals surface area contributed by atoms with Crippen molar-refractivity contribution >= 4 is 15.9 Å². The van der Waals surface area contributed by atoms with E-state index in [4.69, 9.17) is 0 Å². The van der Waals surface area contributed by atoms with Crippen LogP contribution in [-0.4, -0.2) is 44.0 Å². The molecule has 1 aliphatic heterocycles. The van der Waals surface area contributed by atoms with Crippen molar-refractivity contribution in [1.29, 1.82) is 0 Å². The van der Waals surface area contributed by atoms with Crippen molar-refractivity contribution in [3.8, 4) is 0 Å². The Hall–Kier alpha value is -1.47. The number of halogens is 1. The Balaban J connectivity index is 1.89. The highest BCUT2D eigenvalue weighted by Crippen LogP contribution is 2.20. The number of rotatable bonds is 5. The number of hydrogen-bond acceptors (Lipinski definition) is 3. The molecule has 1 N–H and O–H groups in total. The summed E-state index contributed by atoms with van der Waals surface area (Å²) in [6, 6.07) is 5.75. The molecule has 0 radical (unpaired) electrons. The van der Waals surface area contributed by atoms with Gasteiger partial charge in [0, 0.05) is 13.1 Å². The van der Waals surface area contributed by atoms with Crippen LogP contribution in [0.15, 0.2) is 24.3 Å². The molecule has 1 fully saturated rings. The zero-order valence-electron chi connectivity index (χ0n) is 11.9. The average molecular weight is 314 g/mol.